The van der Waals surface area contributed by atoms with Crippen molar-refractivity contribution in [2.45, 2.75) is 38.6 Å². The molecule has 0 radical (unpaired) electrons. The average Bonchev–Trinajstić information content (AvgIpc) is 2.32. The SMILES string of the molecule is C[C@@H](NS(C)(=O)=O)C1CCCC1. The van der Waals surface area contributed by atoms with Crippen LogP contribution in [0.2, 0.25) is 0 Å². The Morgan fingerprint density at radius 2 is 1.83 bits per heavy atom. The molecule has 0 aliphatic heterocycles. The Balaban J connectivity index is 2.42. The van der Waals surface area contributed by atoms with E-state index in [0.29, 0.717) is 5.92 Å². The van der Waals surface area contributed by atoms with Gasteiger partial charge in [-0.2, -0.15) is 0 Å². The summed E-state index contributed by atoms with van der Waals surface area (Å²) in [4.78, 5) is 0. The van der Waals surface area contributed by atoms with Gasteiger partial charge in [-0.25, -0.2) is 13.1 Å². The first kappa shape index (κ1) is 9.99. The minimum atomic E-state index is -3.01. The molecule has 3 nitrogen and oxygen atoms in total. The van der Waals surface area contributed by atoms with E-state index in [-0.39, 0.29) is 6.04 Å². The van der Waals surface area contributed by atoms with Gasteiger partial charge in [-0.3, -0.25) is 0 Å². The van der Waals surface area contributed by atoms with Crippen LogP contribution < -0.4 is 4.72 Å². The highest BCUT2D eigenvalue weighted by atomic mass is 32.2. The average molecular weight is 191 g/mol. The molecule has 72 valence electrons. The Hall–Kier alpha value is -0.0900. The van der Waals surface area contributed by atoms with Crippen LogP contribution >= 0.6 is 0 Å². The Morgan fingerprint density at radius 3 is 2.25 bits per heavy atom. The van der Waals surface area contributed by atoms with E-state index in [1.165, 1.54) is 31.9 Å². The summed E-state index contributed by atoms with van der Waals surface area (Å²) in [5.41, 5.74) is 0. The van der Waals surface area contributed by atoms with E-state index in [1.54, 1.807) is 0 Å². The lowest BCUT2D eigenvalue weighted by Crippen LogP contribution is -2.36. The summed E-state index contributed by atoms with van der Waals surface area (Å²) in [5.74, 6) is 0.555. The quantitative estimate of drug-likeness (QED) is 0.726. The Kier molecular flexibility index (Phi) is 3.12. The second-order valence-electron chi connectivity index (χ2n) is 3.72. The third-order valence-electron chi connectivity index (χ3n) is 2.51. The van der Waals surface area contributed by atoms with E-state index in [2.05, 4.69) is 4.72 Å². The fraction of sp³-hybridized carbons (Fsp3) is 1.00. The molecule has 0 bridgehead atoms. The topological polar surface area (TPSA) is 46.2 Å². The van der Waals surface area contributed by atoms with Gasteiger partial charge in [-0.1, -0.05) is 12.8 Å². The zero-order valence-corrected chi connectivity index (χ0v) is 8.52. The predicted octanol–water partition coefficient (Wildman–Crippen LogP) is 1.11. The highest BCUT2D eigenvalue weighted by Crippen LogP contribution is 2.27. The van der Waals surface area contributed by atoms with Crippen LogP contribution in [-0.4, -0.2) is 20.7 Å². The van der Waals surface area contributed by atoms with Crippen LogP contribution in [0.5, 0.6) is 0 Å². The van der Waals surface area contributed by atoms with Gasteiger partial charge < -0.3 is 0 Å². The molecule has 1 atom stereocenters. The maximum Gasteiger partial charge on any atom is 0.208 e. The van der Waals surface area contributed by atoms with Crippen LogP contribution in [0.1, 0.15) is 32.6 Å². The van der Waals surface area contributed by atoms with Crippen LogP contribution in [0.4, 0.5) is 0 Å². The number of sulfonamides is 1. The molecule has 0 unspecified atom stereocenters. The summed E-state index contributed by atoms with van der Waals surface area (Å²) in [6.45, 7) is 1.96. The number of nitrogens with one attached hydrogen (secondary N) is 1. The summed E-state index contributed by atoms with van der Waals surface area (Å²) < 4.78 is 24.4. The standard InChI is InChI=1S/C8H17NO2S/c1-7(9-12(2,10)11)8-5-3-4-6-8/h7-9H,3-6H2,1-2H3/t7-/m1/s1. The Labute approximate surface area is 74.6 Å². The van der Waals surface area contributed by atoms with E-state index >= 15 is 0 Å². The molecule has 1 rings (SSSR count). The summed E-state index contributed by atoms with van der Waals surface area (Å²) in [7, 11) is -3.01. The zero-order valence-electron chi connectivity index (χ0n) is 7.71. The second kappa shape index (κ2) is 3.75. The van der Waals surface area contributed by atoms with Gasteiger partial charge in [0.1, 0.15) is 0 Å². The second-order valence-corrected chi connectivity index (χ2v) is 5.50. The van der Waals surface area contributed by atoms with Crippen molar-refractivity contribution in [3.8, 4) is 0 Å². The van der Waals surface area contributed by atoms with Crippen LogP contribution in [0.3, 0.4) is 0 Å². The largest absolute Gasteiger partial charge is 0.213 e. The molecule has 1 aliphatic rings. The van der Waals surface area contributed by atoms with Crippen molar-refractivity contribution in [3.05, 3.63) is 0 Å². The summed E-state index contributed by atoms with van der Waals surface area (Å²) >= 11 is 0. The lowest BCUT2D eigenvalue weighted by atomic mass is 10.0. The molecule has 4 heteroatoms. The first-order valence-electron chi connectivity index (χ1n) is 4.46. The van der Waals surface area contributed by atoms with E-state index in [1.807, 2.05) is 6.92 Å². The van der Waals surface area contributed by atoms with Gasteiger partial charge in [-0.15, -0.1) is 0 Å². The molecule has 0 saturated heterocycles. The van der Waals surface area contributed by atoms with Gasteiger partial charge in [0, 0.05) is 6.04 Å². The first-order chi connectivity index (χ1) is 5.49. The molecular weight excluding hydrogens is 174 g/mol. The van der Waals surface area contributed by atoms with Crippen molar-refractivity contribution in [1.29, 1.82) is 0 Å². The third-order valence-corrected chi connectivity index (χ3v) is 3.31. The van der Waals surface area contributed by atoms with Crippen LogP contribution in [0.15, 0.2) is 0 Å². The molecular formula is C8H17NO2S. The molecule has 1 saturated carbocycles. The first-order valence-corrected chi connectivity index (χ1v) is 6.35. The van der Waals surface area contributed by atoms with Crippen molar-refractivity contribution in [2.24, 2.45) is 5.92 Å². The molecule has 0 aromatic rings. The maximum absolute atomic E-state index is 10.9. The summed E-state index contributed by atoms with van der Waals surface area (Å²) in [6, 6.07) is 0.113. The van der Waals surface area contributed by atoms with Gasteiger partial charge in [-0.05, 0) is 25.7 Å². The molecule has 1 aliphatic carbocycles. The maximum atomic E-state index is 10.9. The third kappa shape index (κ3) is 3.11. The van der Waals surface area contributed by atoms with Gasteiger partial charge in [0.2, 0.25) is 10.0 Å². The lowest BCUT2D eigenvalue weighted by molar-refractivity contribution is 0.425. The molecule has 1 N–H and O–H groups in total. The van der Waals surface area contributed by atoms with Crippen molar-refractivity contribution in [1.82, 2.24) is 4.72 Å². The van der Waals surface area contributed by atoms with Crippen molar-refractivity contribution in [3.63, 3.8) is 0 Å². The van der Waals surface area contributed by atoms with Crippen molar-refractivity contribution >= 4 is 10.0 Å². The highest BCUT2D eigenvalue weighted by Gasteiger charge is 2.23. The zero-order chi connectivity index (χ0) is 9.19. The molecule has 0 aromatic heterocycles. The van der Waals surface area contributed by atoms with E-state index in [0.717, 1.165) is 0 Å². The van der Waals surface area contributed by atoms with Gasteiger partial charge in [0.15, 0.2) is 0 Å². The lowest BCUT2D eigenvalue weighted by Gasteiger charge is -2.18. The van der Waals surface area contributed by atoms with Crippen LogP contribution in [0.25, 0.3) is 0 Å². The van der Waals surface area contributed by atoms with E-state index < -0.39 is 10.0 Å². The summed E-state index contributed by atoms with van der Waals surface area (Å²) in [5, 5.41) is 0. The Bertz CT molecular complexity index is 229. The fourth-order valence-corrected chi connectivity index (χ4v) is 2.76. The normalized spacial score (nSPS) is 22.8. The smallest absolute Gasteiger partial charge is 0.208 e. The summed E-state index contributed by atoms with van der Waals surface area (Å²) in [6.07, 6.45) is 6.06. The van der Waals surface area contributed by atoms with Gasteiger partial charge >= 0.3 is 0 Å². The van der Waals surface area contributed by atoms with Crippen molar-refractivity contribution < 1.29 is 8.42 Å². The number of rotatable bonds is 3. The molecule has 0 spiro atoms. The molecule has 0 aromatic carbocycles. The highest BCUT2D eigenvalue weighted by molar-refractivity contribution is 7.88. The minimum Gasteiger partial charge on any atom is -0.213 e. The minimum absolute atomic E-state index is 0.113. The molecule has 12 heavy (non-hydrogen) atoms. The van der Waals surface area contributed by atoms with E-state index in [9.17, 15) is 8.42 Å². The van der Waals surface area contributed by atoms with E-state index in [4.69, 9.17) is 0 Å². The predicted molar refractivity (Wildman–Crippen MR) is 49.4 cm³/mol. The van der Waals surface area contributed by atoms with Gasteiger partial charge in [0.05, 0.1) is 6.26 Å². The van der Waals surface area contributed by atoms with Gasteiger partial charge in [0.25, 0.3) is 0 Å². The van der Waals surface area contributed by atoms with Crippen LogP contribution in [0, 0.1) is 5.92 Å². The van der Waals surface area contributed by atoms with Crippen LogP contribution in [-0.2, 0) is 10.0 Å². The Morgan fingerprint density at radius 1 is 1.33 bits per heavy atom. The fourth-order valence-electron chi connectivity index (χ4n) is 1.89. The number of hydrogen-bond acceptors (Lipinski definition) is 2. The molecule has 0 amide bonds. The number of hydrogen-bond donors (Lipinski definition) is 1. The monoisotopic (exact) mass is 191 g/mol. The molecule has 0 heterocycles. The van der Waals surface area contributed by atoms with Crippen molar-refractivity contribution in [2.75, 3.05) is 6.26 Å². The molecule has 1 fully saturated rings.